The topological polar surface area (TPSA) is 17.3 Å². The molecule has 0 aliphatic rings. The van der Waals surface area contributed by atoms with Crippen molar-refractivity contribution < 1.29 is 0 Å². The van der Waals surface area contributed by atoms with Crippen LogP contribution in [0.15, 0.2) is 58.2 Å². The average molecular weight is 329 g/mol. The zero-order chi connectivity index (χ0) is 15.4. The van der Waals surface area contributed by atoms with Crippen LogP contribution in [-0.4, -0.2) is 4.57 Å². The Labute approximate surface area is 139 Å². The molecule has 0 amide bonds. The molecule has 0 N–H and O–H groups in total. The van der Waals surface area contributed by atoms with Gasteiger partial charge in [-0.3, -0.25) is 0 Å². The van der Waals surface area contributed by atoms with Gasteiger partial charge >= 0.3 is 0 Å². The summed E-state index contributed by atoms with van der Waals surface area (Å²) in [7, 11) is 0. The van der Waals surface area contributed by atoms with E-state index in [0.717, 1.165) is 23.5 Å². The number of hydrogen-bond acceptors (Lipinski definition) is 3. The number of nitrogens with zero attached hydrogens (tertiary/aromatic N) is 2. The van der Waals surface area contributed by atoms with Crippen LogP contribution in [0.5, 0.6) is 0 Å². The molecule has 0 fully saturated rings. The van der Waals surface area contributed by atoms with Crippen LogP contribution in [0.25, 0.3) is 10.6 Å². The standard InChI is InChI=1S/C18H20N2S2/c1-14(2)10-11-20-16(17-9-6-12-21-17)13-22-18(20)19-15-7-4-3-5-8-15/h3-9,12-14H,10-11H2,1-2H3. The highest BCUT2D eigenvalue weighted by molar-refractivity contribution is 7.14. The number of rotatable bonds is 5. The predicted octanol–water partition coefficient (Wildman–Crippen LogP) is 5.56. The smallest absolute Gasteiger partial charge is 0.190 e. The van der Waals surface area contributed by atoms with Gasteiger partial charge in [0.05, 0.1) is 16.3 Å². The first kappa shape index (κ1) is 15.3. The third kappa shape index (κ3) is 3.57. The molecule has 0 aliphatic heterocycles. The molecule has 0 unspecified atom stereocenters. The molecule has 3 aromatic rings. The van der Waals surface area contributed by atoms with Gasteiger partial charge in [-0.1, -0.05) is 38.1 Å². The maximum Gasteiger partial charge on any atom is 0.190 e. The van der Waals surface area contributed by atoms with E-state index in [9.17, 15) is 0 Å². The van der Waals surface area contributed by atoms with Crippen molar-refractivity contribution in [2.45, 2.75) is 26.8 Å². The lowest BCUT2D eigenvalue weighted by atomic mass is 10.1. The largest absolute Gasteiger partial charge is 0.316 e. The van der Waals surface area contributed by atoms with Gasteiger partial charge in [0.2, 0.25) is 0 Å². The predicted molar refractivity (Wildman–Crippen MR) is 96.7 cm³/mol. The van der Waals surface area contributed by atoms with E-state index in [2.05, 4.69) is 53.4 Å². The second-order valence-corrected chi connectivity index (χ2v) is 7.45. The molecule has 0 aliphatic carbocycles. The van der Waals surface area contributed by atoms with E-state index >= 15 is 0 Å². The van der Waals surface area contributed by atoms with Gasteiger partial charge in [-0.15, -0.1) is 22.7 Å². The Morgan fingerprint density at radius 1 is 1.05 bits per heavy atom. The Balaban J connectivity index is 2.04. The first-order valence-electron chi connectivity index (χ1n) is 7.56. The summed E-state index contributed by atoms with van der Waals surface area (Å²) < 4.78 is 2.36. The first-order valence-corrected chi connectivity index (χ1v) is 9.32. The minimum atomic E-state index is 0.688. The molecule has 2 aromatic heterocycles. The van der Waals surface area contributed by atoms with Crippen LogP contribution in [0.4, 0.5) is 5.69 Å². The molecule has 0 spiro atoms. The summed E-state index contributed by atoms with van der Waals surface area (Å²) in [6, 6.07) is 14.5. The van der Waals surface area contributed by atoms with Gasteiger partial charge in [0.1, 0.15) is 0 Å². The first-order chi connectivity index (χ1) is 10.7. The summed E-state index contributed by atoms with van der Waals surface area (Å²) in [6.45, 7) is 5.55. The van der Waals surface area contributed by atoms with Crippen LogP contribution in [0, 0.1) is 5.92 Å². The molecule has 114 valence electrons. The van der Waals surface area contributed by atoms with Gasteiger partial charge in [-0.25, -0.2) is 4.99 Å². The highest BCUT2D eigenvalue weighted by atomic mass is 32.1. The molecule has 1 aromatic carbocycles. The maximum absolute atomic E-state index is 4.84. The van der Waals surface area contributed by atoms with E-state index in [1.807, 2.05) is 18.2 Å². The number of thiophene rings is 1. The van der Waals surface area contributed by atoms with Crippen LogP contribution < -0.4 is 4.80 Å². The van der Waals surface area contributed by atoms with Crippen molar-refractivity contribution in [1.29, 1.82) is 0 Å². The maximum atomic E-state index is 4.84. The molecule has 4 heteroatoms. The van der Waals surface area contributed by atoms with Crippen LogP contribution >= 0.6 is 22.7 Å². The zero-order valence-electron chi connectivity index (χ0n) is 12.9. The number of para-hydroxylation sites is 1. The lowest BCUT2D eigenvalue weighted by Crippen LogP contribution is -2.16. The van der Waals surface area contributed by atoms with Gasteiger partial charge in [0, 0.05) is 11.9 Å². The quantitative estimate of drug-likeness (QED) is 0.584. The third-order valence-electron chi connectivity index (χ3n) is 3.48. The Bertz CT molecular complexity index is 765. The van der Waals surface area contributed by atoms with E-state index in [4.69, 9.17) is 4.99 Å². The van der Waals surface area contributed by atoms with Crippen LogP contribution in [0.1, 0.15) is 20.3 Å². The van der Waals surface area contributed by atoms with Crippen LogP contribution in [-0.2, 0) is 6.54 Å². The van der Waals surface area contributed by atoms with Crippen molar-refractivity contribution in [2.24, 2.45) is 10.9 Å². The SMILES string of the molecule is CC(C)CCn1c(-c2cccs2)csc1=Nc1ccccc1. The lowest BCUT2D eigenvalue weighted by molar-refractivity contribution is 0.513. The molecule has 0 bridgehead atoms. The van der Waals surface area contributed by atoms with Crippen molar-refractivity contribution in [1.82, 2.24) is 4.57 Å². The Morgan fingerprint density at radius 2 is 1.86 bits per heavy atom. The summed E-state index contributed by atoms with van der Waals surface area (Å²) in [5.41, 5.74) is 2.30. The minimum absolute atomic E-state index is 0.688. The van der Waals surface area contributed by atoms with E-state index < -0.39 is 0 Å². The summed E-state index contributed by atoms with van der Waals surface area (Å²) in [5.74, 6) is 0.688. The Kier molecular flexibility index (Phi) is 4.90. The highest BCUT2D eigenvalue weighted by Crippen LogP contribution is 2.26. The molecular weight excluding hydrogens is 308 g/mol. The monoisotopic (exact) mass is 328 g/mol. The minimum Gasteiger partial charge on any atom is -0.316 e. The number of thiazole rings is 1. The van der Waals surface area contributed by atoms with E-state index in [1.54, 1.807) is 22.7 Å². The van der Waals surface area contributed by atoms with Crippen molar-refractivity contribution >= 4 is 28.4 Å². The second kappa shape index (κ2) is 7.07. The average Bonchev–Trinajstić information content (AvgIpc) is 3.15. The third-order valence-corrected chi connectivity index (χ3v) is 5.24. The van der Waals surface area contributed by atoms with Crippen molar-refractivity contribution in [3.63, 3.8) is 0 Å². The molecule has 22 heavy (non-hydrogen) atoms. The molecule has 0 radical (unpaired) electrons. The fourth-order valence-electron chi connectivity index (χ4n) is 2.26. The van der Waals surface area contributed by atoms with Crippen molar-refractivity contribution in [2.75, 3.05) is 0 Å². The summed E-state index contributed by atoms with van der Waals surface area (Å²) in [4.78, 5) is 7.23. The van der Waals surface area contributed by atoms with Gasteiger partial charge in [-0.05, 0) is 35.9 Å². The van der Waals surface area contributed by atoms with Crippen molar-refractivity contribution in [3.05, 3.63) is 58.0 Å². The summed E-state index contributed by atoms with van der Waals surface area (Å²) in [6.07, 6.45) is 1.16. The molecule has 0 saturated heterocycles. The van der Waals surface area contributed by atoms with Gasteiger partial charge in [-0.2, -0.15) is 0 Å². The molecular formula is C18H20N2S2. The fraction of sp³-hybridized carbons (Fsp3) is 0.278. The summed E-state index contributed by atoms with van der Waals surface area (Å²) in [5, 5.41) is 4.36. The lowest BCUT2D eigenvalue weighted by Gasteiger charge is -2.09. The normalized spacial score (nSPS) is 12.2. The molecule has 2 nitrogen and oxygen atoms in total. The molecule has 3 rings (SSSR count). The van der Waals surface area contributed by atoms with Gasteiger partial charge in [0.15, 0.2) is 4.80 Å². The van der Waals surface area contributed by atoms with E-state index in [0.29, 0.717) is 5.92 Å². The Morgan fingerprint density at radius 3 is 2.55 bits per heavy atom. The highest BCUT2D eigenvalue weighted by Gasteiger charge is 2.09. The molecule has 0 saturated carbocycles. The zero-order valence-corrected chi connectivity index (χ0v) is 14.5. The molecule has 2 heterocycles. The van der Waals surface area contributed by atoms with Gasteiger partial charge in [0.25, 0.3) is 0 Å². The van der Waals surface area contributed by atoms with E-state index in [-0.39, 0.29) is 0 Å². The van der Waals surface area contributed by atoms with Crippen LogP contribution in [0.3, 0.4) is 0 Å². The number of hydrogen-bond donors (Lipinski definition) is 0. The Hall–Kier alpha value is -1.65. The number of benzene rings is 1. The molecule has 0 atom stereocenters. The fourth-order valence-corrected chi connectivity index (χ4v) is 4.03. The van der Waals surface area contributed by atoms with Crippen molar-refractivity contribution in [3.8, 4) is 10.6 Å². The second-order valence-electron chi connectivity index (χ2n) is 5.66. The summed E-state index contributed by atoms with van der Waals surface area (Å²) >= 11 is 3.51. The van der Waals surface area contributed by atoms with E-state index in [1.165, 1.54) is 10.6 Å². The van der Waals surface area contributed by atoms with Gasteiger partial charge < -0.3 is 4.57 Å². The van der Waals surface area contributed by atoms with Crippen LogP contribution in [0.2, 0.25) is 0 Å². The number of aromatic nitrogens is 1.